The second-order valence-electron chi connectivity index (χ2n) is 5.10. The van der Waals surface area contributed by atoms with Crippen molar-refractivity contribution in [1.29, 1.82) is 0 Å². The van der Waals surface area contributed by atoms with Gasteiger partial charge in [0.1, 0.15) is 6.04 Å². The number of hydrogen-bond acceptors (Lipinski definition) is 5. The van der Waals surface area contributed by atoms with Gasteiger partial charge in [0, 0.05) is 6.54 Å². The topological polar surface area (TPSA) is 66.3 Å². The molecule has 0 spiro atoms. The van der Waals surface area contributed by atoms with Gasteiger partial charge in [0.25, 0.3) is 0 Å². The van der Waals surface area contributed by atoms with E-state index >= 15 is 0 Å². The van der Waals surface area contributed by atoms with Crippen molar-refractivity contribution < 1.29 is 23.1 Å². The molecule has 0 unspecified atom stereocenters. The molecule has 23 heavy (non-hydrogen) atoms. The van der Waals surface area contributed by atoms with Crippen LogP contribution in [0.15, 0.2) is 23.6 Å². The van der Waals surface area contributed by atoms with Gasteiger partial charge in [-0.1, -0.05) is 6.07 Å². The zero-order chi connectivity index (χ0) is 16.6. The van der Waals surface area contributed by atoms with Crippen LogP contribution in [0, 0.1) is 0 Å². The van der Waals surface area contributed by atoms with E-state index in [1.807, 2.05) is 0 Å². The second-order valence-corrected chi connectivity index (χ2v) is 6.05. The van der Waals surface area contributed by atoms with Crippen molar-refractivity contribution in [3.05, 3.63) is 29.3 Å². The molecule has 1 N–H and O–H groups in total. The van der Waals surface area contributed by atoms with Crippen LogP contribution in [-0.4, -0.2) is 33.6 Å². The lowest BCUT2D eigenvalue weighted by Gasteiger charge is -2.22. The number of anilines is 1. The molecular weight excluding hydrogens is 331 g/mol. The summed E-state index contributed by atoms with van der Waals surface area (Å²) < 4.78 is 39.3. The van der Waals surface area contributed by atoms with E-state index in [1.54, 1.807) is 17.5 Å². The van der Waals surface area contributed by atoms with Crippen molar-refractivity contribution in [3.8, 4) is 10.6 Å². The SMILES string of the molecule is O=C(O)[C@@H]1CCCN1c1nc(-c2cccs2)cc(C(F)(F)F)n1. The van der Waals surface area contributed by atoms with Gasteiger partial charge in [-0.25, -0.2) is 14.8 Å². The van der Waals surface area contributed by atoms with Crippen LogP contribution >= 0.6 is 11.3 Å². The van der Waals surface area contributed by atoms with E-state index in [4.69, 9.17) is 0 Å². The summed E-state index contributed by atoms with van der Waals surface area (Å²) in [5, 5.41) is 10.9. The summed E-state index contributed by atoms with van der Waals surface area (Å²) in [4.78, 5) is 20.9. The maximum atomic E-state index is 13.1. The fourth-order valence-electron chi connectivity index (χ4n) is 2.52. The summed E-state index contributed by atoms with van der Waals surface area (Å²) in [6.07, 6.45) is -3.68. The van der Waals surface area contributed by atoms with Crippen LogP contribution in [0.3, 0.4) is 0 Å². The molecule has 5 nitrogen and oxygen atoms in total. The number of aromatic nitrogens is 2. The quantitative estimate of drug-likeness (QED) is 0.926. The second kappa shape index (κ2) is 5.80. The molecule has 2 aromatic heterocycles. The molecule has 3 heterocycles. The Hall–Kier alpha value is -2.16. The highest BCUT2D eigenvalue weighted by Gasteiger charge is 2.37. The number of carboxylic acid groups (broad SMARTS) is 1. The minimum atomic E-state index is -4.62. The first kappa shape index (κ1) is 15.7. The number of carbonyl (C=O) groups is 1. The van der Waals surface area contributed by atoms with Crippen molar-refractivity contribution in [2.75, 3.05) is 11.4 Å². The molecule has 0 bridgehead atoms. The maximum absolute atomic E-state index is 13.1. The highest BCUT2D eigenvalue weighted by atomic mass is 32.1. The highest BCUT2D eigenvalue weighted by molar-refractivity contribution is 7.13. The lowest BCUT2D eigenvalue weighted by atomic mass is 10.2. The van der Waals surface area contributed by atoms with Gasteiger partial charge in [0.05, 0.1) is 10.6 Å². The molecule has 0 saturated carbocycles. The molecule has 1 saturated heterocycles. The minimum Gasteiger partial charge on any atom is -0.480 e. The number of carboxylic acids is 1. The van der Waals surface area contributed by atoms with Crippen molar-refractivity contribution in [1.82, 2.24) is 9.97 Å². The Bertz CT molecular complexity index is 719. The first-order valence-electron chi connectivity index (χ1n) is 6.86. The Balaban J connectivity index is 2.09. The largest absolute Gasteiger partial charge is 0.480 e. The molecule has 1 aliphatic rings. The van der Waals surface area contributed by atoms with E-state index in [9.17, 15) is 23.1 Å². The molecule has 0 aromatic carbocycles. The van der Waals surface area contributed by atoms with E-state index in [2.05, 4.69) is 9.97 Å². The minimum absolute atomic E-state index is 0.147. The lowest BCUT2D eigenvalue weighted by Crippen LogP contribution is -2.37. The van der Waals surface area contributed by atoms with Gasteiger partial charge < -0.3 is 10.0 Å². The number of nitrogens with zero attached hydrogens (tertiary/aromatic N) is 3. The standard InChI is InChI=1S/C14H12F3N3O2S/c15-14(16,17)11-7-8(10-4-2-6-23-10)18-13(19-11)20-5-1-3-9(20)12(21)22/h2,4,6-7,9H,1,3,5H2,(H,21,22)/t9-/m0/s1. The molecule has 9 heteroatoms. The molecule has 1 atom stereocenters. The summed E-state index contributed by atoms with van der Waals surface area (Å²) >= 11 is 1.26. The van der Waals surface area contributed by atoms with Gasteiger partial charge in [-0.05, 0) is 30.4 Å². The van der Waals surface area contributed by atoms with Crippen LogP contribution in [0.1, 0.15) is 18.5 Å². The Morgan fingerprint density at radius 3 is 2.78 bits per heavy atom. The molecule has 2 aromatic rings. The number of rotatable bonds is 3. The van der Waals surface area contributed by atoms with Gasteiger partial charge >= 0.3 is 12.1 Å². The zero-order valence-electron chi connectivity index (χ0n) is 11.7. The lowest BCUT2D eigenvalue weighted by molar-refractivity contribution is -0.141. The number of alkyl halides is 3. The van der Waals surface area contributed by atoms with E-state index in [-0.39, 0.29) is 11.6 Å². The number of aliphatic carboxylic acids is 1. The van der Waals surface area contributed by atoms with E-state index in [1.165, 1.54) is 16.2 Å². The van der Waals surface area contributed by atoms with Crippen LogP contribution in [0.5, 0.6) is 0 Å². The van der Waals surface area contributed by atoms with Crippen LogP contribution in [0.4, 0.5) is 19.1 Å². The molecule has 3 rings (SSSR count). The number of hydrogen-bond donors (Lipinski definition) is 1. The fraction of sp³-hybridized carbons (Fsp3) is 0.357. The molecule has 0 amide bonds. The monoisotopic (exact) mass is 343 g/mol. The molecule has 0 radical (unpaired) electrons. The van der Waals surface area contributed by atoms with Gasteiger partial charge in [-0.2, -0.15) is 13.2 Å². The van der Waals surface area contributed by atoms with Crippen molar-refractivity contribution in [3.63, 3.8) is 0 Å². The zero-order valence-corrected chi connectivity index (χ0v) is 12.6. The average molecular weight is 343 g/mol. The summed E-state index contributed by atoms with van der Waals surface area (Å²) in [6, 6.07) is 3.37. The Morgan fingerprint density at radius 1 is 1.39 bits per heavy atom. The molecule has 0 aliphatic carbocycles. The third-order valence-electron chi connectivity index (χ3n) is 3.57. The summed E-state index contributed by atoms with van der Waals surface area (Å²) in [5.74, 6) is -1.27. The van der Waals surface area contributed by atoms with Crippen molar-refractivity contribution >= 4 is 23.3 Å². The molecule has 122 valence electrons. The first-order chi connectivity index (χ1) is 10.9. The third kappa shape index (κ3) is 3.14. The van der Waals surface area contributed by atoms with Gasteiger partial charge in [0.2, 0.25) is 5.95 Å². The van der Waals surface area contributed by atoms with E-state index < -0.39 is 23.9 Å². The van der Waals surface area contributed by atoms with Crippen LogP contribution in [0.2, 0.25) is 0 Å². The normalized spacial score (nSPS) is 18.4. The predicted octanol–water partition coefficient (Wildman–Crippen LogP) is 3.28. The van der Waals surface area contributed by atoms with Gasteiger partial charge in [-0.15, -0.1) is 11.3 Å². The van der Waals surface area contributed by atoms with E-state index in [0.29, 0.717) is 24.3 Å². The van der Waals surface area contributed by atoms with Crippen LogP contribution in [-0.2, 0) is 11.0 Å². The molecule has 1 fully saturated rings. The highest BCUT2D eigenvalue weighted by Crippen LogP contribution is 2.34. The fourth-order valence-corrected chi connectivity index (χ4v) is 3.21. The van der Waals surface area contributed by atoms with E-state index in [0.717, 1.165) is 6.07 Å². The average Bonchev–Trinajstić information content (AvgIpc) is 3.17. The smallest absolute Gasteiger partial charge is 0.433 e. The van der Waals surface area contributed by atoms with Crippen molar-refractivity contribution in [2.45, 2.75) is 25.1 Å². The number of halogens is 3. The van der Waals surface area contributed by atoms with Crippen LogP contribution < -0.4 is 4.90 Å². The number of thiophene rings is 1. The maximum Gasteiger partial charge on any atom is 0.433 e. The Kier molecular flexibility index (Phi) is 3.97. The Morgan fingerprint density at radius 2 is 2.17 bits per heavy atom. The Labute approximate surface area is 133 Å². The molecular formula is C14H12F3N3O2S. The first-order valence-corrected chi connectivity index (χ1v) is 7.74. The van der Waals surface area contributed by atoms with Crippen LogP contribution in [0.25, 0.3) is 10.6 Å². The summed E-state index contributed by atoms with van der Waals surface area (Å²) in [6.45, 7) is 0.322. The summed E-state index contributed by atoms with van der Waals surface area (Å²) in [5.41, 5.74) is -0.921. The predicted molar refractivity (Wildman–Crippen MR) is 78.4 cm³/mol. The molecule has 1 aliphatic heterocycles. The van der Waals surface area contributed by atoms with Crippen molar-refractivity contribution in [2.24, 2.45) is 0 Å². The van der Waals surface area contributed by atoms with Gasteiger partial charge in [-0.3, -0.25) is 0 Å². The third-order valence-corrected chi connectivity index (χ3v) is 4.47. The van der Waals surface area contributed by atoms with Gasteiger partial charge in [0.15, 0.2) is 5.69 Å². The summed E-state index contributed by atoms with van der Waals surface area (Å²) in [7, 11) is 0.